The van der Waals surface area contributed by atoms with E-state index < -0.39 is 0 Å². The maximum atomic E-state index is 13.2. The van der Waals surface area contributed by atoms with Gasteiger partial charge >= 0.3 is 0 Å². The normalized spacial score (nSPS) is 13.8. The van der Waals surface area contributed by atoms with E-state index in [1.165, 1.54) is 22.9 Å². The number of halogens is 1. The number of hydrogen-bond acceptors (Lipinski definition) is 5. The van der Waals surface area contributed by atoms with Crippen molar-refractivity contribution < 1.29 is 13.9 Å². The molecule has 166 valence electrons. The van der Waals surface area contributed by atoms with Crippen molar-refractivity contribution in [3.63, 3.8) is 0 Å². The Hall–Kier alpha value is -3.68. The molecule has 2 heterocycles. The lowest BCUT2D eigenvalue weighted by Gasteiger charge is -2.36. The van der Waals surface area contributed by atoms with E-state index in [1.807, 2.05) is 29.2 Å². The van der Waals surface area contributed by atoms with Crippen molar-refractivity contribution >= 4 is 11.6 Å². The average Bonchev–Trinajstić information content (AvgIpc) is 2.84. The van der Waals surface area contributed by atoms with Crippen LogP contribution in [-0.4, -0.2) is 53.9 Å². The van der Waals surface area contributed by atoms with E-state index in [-0.39, 0.29) is 30.2 Å². The molecular weight excluding hydrogens is 411 g/mol. The summed E-state index contributed by atoms with van der Waals surface area (Å²) in [5.41, 5.74) is 2.07. The summed E-state index contributed by atoms with van der Waals surface area (Å²) in [6, 6.07) is 16.8. The SMILES string of the molecule is COc1cccc(N2CCN(C(=O)CCn3nc(-c4ccc(F)cc4)ccc3=O)CC2)c1. The zero-order valence-corrected chi connectivity index (χ0v) is 17.9. The number of benzene rings is 2. The van der Waals surface area contributed by atoms with Crippen LogP contribution < -0.4 is 15.2 Å². The molecule has 0 aliphatic carbocycles. The molecule has 0 radical (unpaired) electrons. The molecule has 0 spiro atoms. The molecule has 1 amide bonds. The molecule has 0 unspecified atom stereocenters. The second kappa shape index (κ2) is 9.64. The van der Waals surface area contributed by atoms with E-state index >= 15 is 0 Å². The Bertz CT molecular complexity index is 1140. The molecule has 0 atom stereocenters. The number of amides is 1. The molecule has 8 heteroatoms. The van der Waals surface area contributed by atoms with Crippen LogP contribution in [0, 0.1) is 5.82 Å². The van der Waals surface area contributed by atoms with E-state index in [2.05, 4.69) is 10.00 Å². The first kappa shape index (κ1) is 21.5. The third-order valence-electron chi connectivity index (χ3n) is 5.59. The number of methoxy groups -OCH3 is 1. The lowest BCUT2D eigenvalue weighted by Crippen LogP contribution is -2.49. The molecule has 32 heavy (non-hydrogen) atoms. The molecule has 1 fully saturated rings. The van der Waals surface area contributed by atoms with Gasteiger partial charge in [-0.25, -0.2) is 9.07 Å². The van der Waals surface area contributed by atoms with E-state index in [4.69, 9.17) is 4.74 Å². The molecule has 0 saturated carbocycles. The average molecular weight is 436 g/mol. The Labute approximate surface area is 185 Å². The van der Waals surface area contributed by atoms with E-state index in [0.29, 0.717) is 24.3 Å². The summed E-state index contributed by atoms with van der Waals surface area (Å²) in [5, 5.41) is 4.35. The number of aromatic nitrogens is 2. The number of carbonyl (C=O) groups is 1. The molecule has 4 rings (SSSR count). The van der Waals surface area contributed by atoms with Crippen LogP contribution >= 0.6 is 0 Å². The highest BCUT2D eigenvalue weighted by molar-refractivity contribution is 5.76. The van der Waals surface area contributed by atoms with Gasteiger partial charge in [0, 0.05) is 56.0 Å². The van der Waals surface area contributed by atoms with Gasteiger partial charge in [-0.15, -0.1) is 0 Å². The van der Waals surface area contributed by atoms with Crippen LogP contribution in [0.2, 0.25) is 0 Å². The third kappa shape index (κ3) is 4.96. The Morgan fingerprint density at radius 1 is 1.03 bits per heavy atom. The largest absolute Gasteiger partial charge is 0.497 e. The van der Waals surface area contributed by atoms with Gasteiger partial charge in [-0.05, 0) is 42.5 Å². The minimum atomic E-state index is -0.334. The Balaban J connectivity index is 1.34. The highest BCUT2D eigenvalue weighted by atomic mass is 19.1. The minimum Gasteiger partial charge on any atom is -0.497 e. The fourth-order valence-corrected chi connectivity index (χ4v) is 3.76. The number of hydrogen-bond donors (Lipinski definition) is 0. The fraction of sp³-hybridized carbons (Fsp3) is 0.292. The van der Waals surface area contributed by atoms with Crippen molar-refractivity contribution in [1.82, 2.24) is 14.7 Å². The van der Waals surface area contributed by atoms with Crippen molar-refractivity contribution in [2.75, 3.05) is 38.2 Å². The molecule has 7 nitrogen and oxygen atoms in total. The smallest absolute Gasteiger partial charge is 0.266 e. The summed E-state index contributed by atoms with van der Waals surface area (Å²) in [6.07, 6.45) is 0.193. The molecular formula is C24H25FN4O3. The van der Waals surface area contributed by atoms with Crippen molar-refractivity contribution in [3.05, 3.63) is 76.8 Å². The van der Waals surface area contributed by atoms with Gasteiger partial charge in [-0.3, -0.25) is 9.59 Å². The molecule has 3 aromatic rings. The van der Waals surface area contributed by atoms with Gasteiger partial charge in [0.2, 0.25) is 5.91 Å². The molecule has 1 aliphatic heterocycles. The number of ether oxygens (including phenoxy) is 1. The topological polar surface area (TPSA) is 67.7 Å². The summed E-state index contributed by atoms with van der Waals surface area (Å²) >= 11 is 0. The van der Waals surface area contributed by atoms with Gasteiger partial charge < -0.3 is 14.5 Å². The molecule has 1 saturated heterocycles. The zero-order valence-electron chi connectivity index (χ0n) is 17.9. The predicted molar refractivity (Wildman–Crippen MR) is 120 cm³/mol. The standard InChI is InChI=1S/C24H25FN4O3/c1-32-21-4-2-3-20(17-21)27-13-15-28(16-14-27)23(30)11-12-29-24(31)10-9-22(26-29)18-5-7-19(25)8-6-18/h2-10,17H,11-16H2,1H3. The number of piperazine rings is 1. The van der Waals surface area contributed by atoms with Crippen LogP contribution in [0.1, 0.15) is 6.42 Å². The number of rotatable bonds is 6. The number of nitrogens with zero attached hydrogens (tertiary/aromatic N) is 4. The Morgan fingerprint density at radius 3 is 2.50 bits per heavy atom. The van der Waals surface area contributed by atoms with Gasteiger partial charge in [-0.1, -0.05) is 6.07 Å². The fourth-order valence-electron chi connectivity index (χ4n) is 3.76. The number of aryl methyl sites for hydroxylation is 1. The van der Waals surface area contributed by atoms with E-state index in [9.17, 15) is 14.0 Å². The molecule has 1 aromatic heterocycles. The van der Waals surface area contributed by atoms with Crippen LogP contribution in [0.4, 0.5) is 10.1 Å². The summed E-state index contributed by atoms with van der Waals surface area (Å²) in [5.74, 6) is 0.470. The molecule has 2 aromatic carbocycles. The quantitative estimate of drug-likeness (QED) is 0.595. The number of carbonyl (C=O) groups excluding carboxylic acids is 1. The first-order valence-electron chi connectivity index (χ1n) is 10.5. The minimum absolute atomic E-state index is 0.00354. The lowest BCUT2D eigenvalue weighted by atomic mass is 10.1. The van der Waals surface area contributed by atoms with Crippen LogP contribution in [0.5, 0.6) is 5.75 Å². The van der Waals surface area contributed by atoms with Crippen LogP contribution in [-0.2, 0) is 11.3 Å². The van der Waals surface area contributed by atoms with Crippen LogP contribution in [0.3, 0.4) is 0 Å². The van der Waals surface area contributed by atoms with Gasteiger partial charge in [0.25, 0.3) is 5.56 Å². The second-order valence-corrected chi connectivity index (χ2v) is 7.61. The monoisotopic (exact) mass is 436 g/mol. The Kier molecular flexibility index (Phi) is 6.49. The van der Waals surface area contributed by atoms with Gasteiger partial charge in [-0.2, -0.15) is 5.10 Å². The molecule has 1 aliphatic rings. The van der Waals surface area contributed by atoms with Crippen molar-refractivity contribution in [3.8, 4) is 17.0 Å². The second-order valence-electron chi connectivity index (χ2n) is 7.61. The molecule has 0 bridgehead atoms. The zero-order chi connectivity index (χ0) is 22.5. The van der Waals surface area contributed by atoms with Gasteiger partial charge in [0.1, 0.15) is 11.6 Å². The van der Waals surface area contributed by atoms with Gasteiger partial charge in [0.05, 0.1) is 19.3 Å². The van der Waals surface area contributed by atoms with E-state index in [1.54, 1.807) is 25.3 Å². The predicted octanol–water partition coefficient (Wildman–Crippen LogP) is 2.80. The summed E-state index contributed by atoms with van der Waals surface area (Å²) in [6.45, 7) is 2.90. The van der Waals surface area contributed by atoms with Crippen LogP contribution in [0.15, 0.2) is 65.5 Å². The first-order chi connectivity index (χ1) is 15.5. The highest BCUT2D eigenvalue weighted by Crippen LogP contribution is 2.22. The van der Waals surface area contributed by atoms with E-state index in [0.717, 1.165) is 24.5 Å². The maximum Gasteiger partial charge on any atom is 0.266 e. The maximum absolute atomic E-state index is 13.2. The highest BCUT2D eigenvalue weighted by Gasteiger charge is 2.21. The van der Waals surface area contributed by atoms with Gasteiger partial charge in [0.15, 0.2) is 0 Å². The van der Waals surface area contributed by atoms with Crippen molar-refractivity contribution in [1.29, 1.82) is 0 Å². The summed E-state index contributed by atoms with van der Waals surface area (Å²) in [7, 11) is 1.64. The van der Waals surface area contributed by atoms with Crippen molar-refractivity contribution in [2.45, 2.75) is 13.0 Å². The first-order valence-corrected chi connectivity index (χ1v) is 10.5. The number of anilines is 1. The summed E-state index contributed by atoms with van der Waals surface area (Å²) < 4.78 is 19.7. The lowest BCUT2D eigenvalue weighted by molar-refractivity contribution is -0.131. The third-order valence-corrected chi connectivity index (χ3v) is 5.59. The van der Waals surface area contributed by atoms with Crippen molar-refractivity contribution in [2.24, 2.45) is 0 Å². The van der Waals surface area contributed by atoms with Crippen LogP contribution in [0.25, 0.3) is 11.3 Å². The molecule has 0 N–H and O–H groups in total. The Morgan fingerprint density at radius 2 is 1.78 bits per heavy atom. The summed E-state index contributed by atoms with van der Waals surface area (Å²) in [4.78, 5) is 29.0.